The number of ether oxygens (including phenoxy) is 1. The number of amides is 1. The number of hydrogen-bond acceptors (Lipinski definition) is 7. The first-order valence-corrected chi connectivity index (χ1v) is 10.3. The van der Waals surface area contributed by atoms with Crippen molar-refractivity contribution in [3.63, 3.8) is 0 Å². The Labute approximate surface area is 172 Å². The number of nitrogens with one attached hydrogen (secondary N) is 1. The molecule has 1 amide bonds. The molecular formula is C21H32N4O4. The molecule has 29 heavy (non-hydrogen) atoms. The molecular weight excluding hydrogens is 372 g/mol. The molecule has 1 aliphatic heterocycles. The number of carbonyl (C=O) groups excluding carboxylic acids is 1. The molecule has 0 saturated carbocycles. The van der Waals surface area contributed by atoms with Crippen molar-refractivity contribution in [3.05, 3.63) is 35.4 Å². The number of aromatic nitrogens is 2. The summed E-state index contributed by atoms with van der Waals surface area (Å²) in [6.45, 7) is 11.6. The second-order valence-electron chi connectivity index (χ2n) is 8.53. The van der Waals surface area contributed by atoms with Crippen LogP contribution in [0.25, 0.3) is 0 Å². The molecule has 3 heterocycles. The van der Waals surface area contributed by atoms with Crippen molar-refractivity contribution < 1.29 is 18.5 Å². The molecule has 0 aromatic carbocycles. The first-order chi connectivity index (χ1) is 13.8. The lowest BCUT2D eigenvalue weighted by Gasteiger charge is -2.33. The van der Waals surface area contributed by atoms with Crippen molar-refractivity contribution in [2.45, 2.75) is 58.4 Å². The van der Waals surface area contributed by atoms with E-state index < -0.39 is 0 Å². The molecule has 0 spiro atoms. The lowest BCUT2D eigenvalue weighted by molar-refractivity contribution is -0.121. The Hall–Kier alpha value is -2.19. The second-order valence-corrected chi connectivity index (χ2v) is 8.53. The predicted molar refractivity (Wildman–Crippen MR) is 108 cm³/mol. The summed E-state index contributed by atoms with van der Waals surface area (Å²) in [6, 6.07) is 3.96. The van der Waals surface area contributed by atoms with Crippen LogP contribution in [0.4, 0.5) is 0 Å². The van der Waals surface area contributed by atoms with E-state index in [1.165, 1.54) is 0 Å². The van der Waals surface area contributed by atoms with E-state index in [2.05, 4.69) is 20.4 Å². The van der Waals surface area contributed by atoms with Gasteiger partial charge in [0.15, 0.2) is 5.82 Å². The van der Waals surface area contributed by atoms with Crippen molar-refractivity contribution in [1.82, 2.24) is 20.4 Å². The van der Waals surface area contributed by atoms with Crippen LogP contribution in [0.3, 0.4) is 0 Å². The zero-order valence-corrected chi connectivity index (χ0v) is 17.9. The first kappa shape index (κ1) is 21.5. The Morgan fingerprint density at radius 1 is 1.28 bits per heavy atom. The Morgan fingerprint density at radius 3 is 2.66 bits per heavy atom. The summed E-state index contributed by atoms with van der Waals surface area (Å²) in [5, 5.41) is 7.07. The molecule has 2 aromatic rings. The van der Waals surface area contributed by atoms with Gasteiger partial charge in [-0.05, 0) is 25.5 Å². The molecule has 8 nitrogen and oxygen atoms in total. The maximum absolute atomic E-state index is 12.4. The molecule has 1 unspecified atom stereocenters. The number of furan rings is 1. The topological polar surface area (TPSA) is 93.6 Å². The van der Waals surface area contributed by atoms with Gasteiger partial charge in [0.05, 0.1) is 19.3 Å². The molecule has 2 aromatic heterocycles. The lowest BCUT2D eigenvalue weighted by atomic mass is 9.96. The molecule has 3 rings (SSSR count). The van der Waals surface area contributed by atoms with Crippen LogP contribution in [-0.2, 0) is 21.4 Å². The van der Waals surface area contributed by atoms with Crippen LogP contribution in [0.2, 0.25) is 0 Å². The smallest absolute Gasteiger partial charge is 0.226 e. The Balaban J connectivity index is 1.47. The van der Waals surface area contributed by atoms with Crippen molar-refractivity contribution in [2.24, 2.45) is 0 Å². The monoisotopic (exact) mass is 404 g/mol. The summed E-state index contributed by atoms with van der Waals surface area (Å²) in [7, 11) is 0. The van der Waals surface area contributed by atoms with Gasteiger partial charge in [-0.1, -0.05) is 25.9 Å². The van der Waals surface area contributed by atoms with E-state index >= 15 is 0 Å². The Bertz CT molecular complexity index is 787. The number of aryl methyl sites for hydroxylation is 2. The maximum atomic E-state index is 12.4. The van der Waals surface area contributed by atoms with Gasteiger partial charge >= 0.3 is 0 Å². The Morgan fingerprint density at radius 2 is 2.03 bits per heavy atom. The predicted octanol–water partition coefficient (Wildman–Crippen LogP) is 2.78. The highest BCUT2D eigenvalue weighted by Crippen LogP contribution is 2.23. The van der Waals surface area contributed by atoms with Gasteiger partial charge < -0.3 is 19.0 Å². The van der Waals surface area contributed by atoms with E-state index in [1.54, 1.807) is 0 Å². The van der Waals surface area contributed by atoms with Crippen LogP contribution >= 0.6 is 0 Å². The number of hydrogen-bond donors (Lipinski definition) is 1. The zero-order chi connectivity index (χ0) is 20.9. The van der Waals surface area contributed by atoms with E-state index in [1.807, 2.05) is 39.8 Å². The quantitative estimate of drug-likeness (QED) is 0.723. The third-order valence-corrected chi connectivity index (χ3v) is 5.00. The van der Waals surface area contributed by atoms with Crippen molar-refractivity contribution in [1.29, 1.82) is 0 Å². The van der Waals surface area contributed by atoms with Crippen molar-refractivity contribution in [3.8, 4) is 0 Å². The summed E-state index contributed by atoms with van der Waals surface area (Å²) in [5.74, 6) is 3.05. The average molecular weight is 405 g/mol. The third kappa shape index (κ3) is 6.14. The number of carbonyl (C=O) groups is 1. The molecule has 1 atom stereocenters. The van der Waals surface area contributed by atoms with Gasteiger partial charge in [-0.3, -0.25) is 9.69 Å². The highest BCUT2D eigenvalue weighted by molar-refractivity contribution is 5.75. The summed E-state index contributed by atoms with van der Waals surface area (Å²) >= 11 is 0. The summed E-state index contributed by atoms with van der Waals surface area (Å²) < 4.78 is 16.6. The van der Waals surface area contributed by atoms with E-state index in [-0.39, 0.29) is 17.4 Å². The fourth-order valence-corrected chi connectivity index (χ4v) is 3.29. The third-order valence-electron chi connectivity index (χ3n) is 5.00. The molecule has 8 heteroatoms. The van der Waals surface area contributed by atoms with Crippen molar-refractivity contribution in [2.75, 3.05) is 32.8 Å². The molecule has 0 radical (unpaired) electrons. The minimum Gasteiger partial charge on any atom is -0.465 e. The van der Waals surface area contributed by atoms with E-state index in [0.717, 1.165) is 24.6 Å². The van der Waals surface area contributed by atoms with Gasteiger partial charge in [0.1, 0.15) is 11.5 Å². The summed E-state index contributed by atoms with van der Waals surface area (Å²) in [6.07, 6.45) is 1.68. The Kier molecular flexibility index (Phi) is 7.08. The van der Waals surface area contributed by atoms with E-state index in [0.29, 0.717) is 50.7 Å². The normalized spacial score (nSPS) is 16.7. The first-order valence-electron chi connectivity index (χ1n) is 10.3. The average Bonchev–Trinajstić information content (AvgIpc) is 3.32. The molecule has 160 valence electrons. The molecule has 1 N–H and O–H groups in total. The van der Waals surface area contributed by atoms with E-state index in [4.69, 9.17) is 13.7 Å². The lowest BCUT2D eigenvalue weighted by Crippen LogP contribution is -2.43. The largest absolute Gasteiger partial charge is 0.465 e. The van der Waals surface area contributed by atoms with Gasteiger partial charge in [-0.15, -0.1) is 0 Å². The van der Waals surface area contributed by atoms with Crippen LogP contribution in [-0.4, -0.2) is 53.8 Å². The van der Waals surface area contributed by atoms with Crippen LogP contribution < -0.4 is 5.32 Å². The highest BCUT2D eigenvalue weighted by atomic mass is 16.5. The molecule has 1 aliphatic rings. The minimum absolute atomic E-state index is 0.0156. The fraction of sp³-hybridized carbons (Fsp3) is 0.667. The molecule has 1 saturated heterocycles. The number of rotatable bonds is 8. The summed E-state index contributed by atoms with van der Waals surface area (Å²) in [4.78, 5) is 19.1. The SMILES string of the molecule is Cc1ccc(C(CNC(=O)CCCc2nc(C(C)(C)C)no2)N2CCOCC2)o1. The maximum Gasteiger partial charge on any atom is 0.226 e. The number of nitrogens with zero attached hydrogens (tertiary/aromatic N) is 3. The fourth-order valence-electron chi connectivity index (χ4n) is 3.29. The van der Waals surface area contributed by atoms with E-state index in [9.17, 15) is 4.79 Å². The number of morpholine rings is 1. The van der Waals surface area contributed by atoms with Crippen LogP contribution in [0.15, 0.2) is 21.1 Å². The van der Waals surface area contributed by atoms with Gasteiger partial charge in [0.25, 0.3) is 0 Å². The molecule has 0 aliphatic carbocycles. The van der Waals surface area contributed by atoms with Gasteiger partial charge in [0.2, 0.25) is 11.8 Å². The van der Waals surface area contributed by atoms with Gasteiger partial charge in [-0.2, -0.15) is 4.98 Å². The van der Waals surface area contributed by atoms with Crippen LogP contribution in [0.5, 0.6) is 0 Å². The highest BCUT2D eigenvalue weighted by Gasteiger charge is 2.26. The molecule has 1 fully saturated rings. The minimum atomic E-state index is -0.141. The molecule has 0 bridgehead atoms. The standard InChI is InChI=1S/C21H32N4O4/c1-15-8-9-17(28-15)16(25-10-12-27-13-11-25)14-22-18(26)6-5-7-19-23-20(24-29-19)21(2,3)4/h8-9,16H,5-7,10-14H2,1-4H3,(H,22,26). The van der Waals surface area contributed by atoms with Gasteiger partial charge in [-0.25, -0.2) is 0 Å². The summed E-state index contributed by atoms with van der Waals surface area (Å²) in [5.41, 5.74) is -0.141. The van der Waals surface area contributed by atoms with Gasteiger partial charge in [0, 0.05) is 37.9 Å². The van der Waals surface area contributed by atoms with Crippen molar-refractivity contribution >= 4 is 5.91 Å². The van der Waals surface area contributed by atoms with Crippen LogP contribution in [0.1, 0.15) is 62.9 Å². The second kappa shape index (κ2) is 9.54. The van der Waals surface area contributed by atoms with Crippen LogP contribution in [0, 0.1) is 6.92 Å². The zero-order valence-electron chi connectivity index (χ0n) is 17.9.